The summed E-state index contributed by atoms with van der Waals surface area (Å²) in [6.45, 7) is 0. The first kappa shape index (κ1) is 13.2. The van der Waals surface area contributed by atoms with E-state index in [0.717, 1.165) is 22.5 Å². The summed E-state index contributed by atoms with van der Waals surface area (Å²) in [5.41, 5.74) is 3.73. The molecule has 1 aromatic heterocycles. The van der Waals surface area contributed by atoms with Gasteiger partial charge >= 0.3 is 0 Å². The van der Waals surface area contributed by atoms with Crippen LogP contribution in [0.2, 0.25) is 10.0 Å². The van der Waals surface area contributed by atoms with Gasteiger partial charge in [0.2, 0.25) is 0 Å². The van der Waals surface area contributed by atoms with Crippen LogP contribution in [-0.4, -0.2) is 4.98 Å². The molecule has 3 heteroatoms. The van der Waals surface area contributed by atoms with E-state index in [-0.39, 0.29) is 0 Å². The molecular formula is C17H11Cl2N. The Hall–Kier alpha value is -1.83. The smallest absolute Gasteiger partial charge is 0.0724 e. The molecule has 0 amide bonds. The molecule has 0 unspecified atom stereocenters. The maximum atomic E-state index is 6.24. The average Bonchev–Trinajstić information content (AvgIpc) is 2.48. The van der Waals surface area contributed by atoms with Crippen molar-refractivity contribution in [3.8, 4) is 22.5 Å². The molecule has 0 spiro atoms. The molecule has 2 aromatic carbocycles. The summed E-state index contributed by atoms with van der Waals surface area (Å²) in [5, 5.41) is 1.23. The third-order valence-electron chi connectivity index (χ3n) is 3.03. The normalized spacial score (nSPS) is 10.5. The Morgan fingerprint density at radius 2 is 1.45 bits per heavy atom. The second-order valence-corrected chi connectivity index (χ2v) is 5.24. The maximum Gasteiger partial charge on any atom is 0.0724 e. The zero-order chi connectivity index (χ0) is 13.9. The number of hydrogen-bond donors (Lipinski definition) is 0. The van der Waals surface area contributed by atoms with Crippen molar-refractivity contribution < 1.29 is 0 Å². The fourth-order valence-corrected chi connectivity index (χ4v) is 2.56. The van der Waals surface area contributed by atoms with Crippen molar-refractivity contribution in [1.82, 2.24) is 4.98 Å². The monoisotopic (exact) mass is 299 g/mol. The number of pyridine rings is 1. The topological polar surface area (TPSA) is 12.9 Å². The van der Waals surface area contributed by atoms with E-state index in [0.29, 0.717) is 10.0 Å². The first-order valence-electron chi connectivity index (χ1n) is 6.22. The standard InChI is InChI=1S/C17H11Cl2N/c18-13-9-10-14(15(19)11-13)17-8-4-7-16(20-17)12-5-2-1-3-6-12/h1-11H. The second kappa shape index (κ2) is 5.66. The number of aromatic nitrogens is 1. The van der Waals surface area contributed by atoms with Gasteiger partial charge in [0.15, 0.2) is 0 Å². The molecule has 0 aliphatic rings. The van der Waals surface area contributed by atoms with Crippen LogP contribution in [0.4, 0.5) is 0 Å². The minimum absolute atomic E-state index is 0.607. The summed E-state index contributed by atoms with van der Waals surface area (Å²) >= 11 is 12.2. The van der Waals surface area contributed by atoms with Crippen molar-refractivity contribution in [3.05, 3.63) is 76.8 Å². The van der Waals surface area contributed by atoms with Crippen LogP contribution in [0.1, 0.15) is 0 Å². The molecule has 1 heterocycles. The molecule has 0 saturated carbocycles. The van der Waals surface area contributed by atoms with Crippen LogP contribution in [0.5, 0.6) is 0 Å². The Balaban J connectivity index is 2.08. The van der Waals surface area contributed by atoms with Gasteiger partial charge < -0.3 is 0 Å². The van der Waals surface area contributed by atoms with E-state index in [9.17, 15) is 0 Å². The molecule has 98 valence electrons. The minimum atomic E-state index is 0.607. The van der Waals surface area contributed by atoms with E-state index in [2.05, 4.69) is 4.98 Å². The summed E-state index contributed by atoms with van der Waals surface area (Å²) < 4.78 is 0. The molecular weight excluding hydrogens is 289 g/mol. The highest BCUT2D eigenvalue weighted by Gasteiger charge is 2.07. The van der Waals surface area contributed by atoms with E-state index < -0.39 is 0 Å². The quantitative estimate of drug-likeness (QED) is 0.589. The zero-order valence-electron chi connectivity index (χ0n) is 10.6. The number of rotatable bonds is 2. The highest BCUT2D eigenvalue weighted by atomic mass is 35.5. The van der Waals surface area contributed by atoms with E-state index in [1.165, 1.54) is 0 Å². The van der Waals surface area contributed by atoms with Gasteiger partial charge in [0, 0.05) is 16.1 Å². The third kappa shape index (κ3) is 2.69. The average molecular weight is 300 g/mol. The number of benzene rings is 2. The molecule has 0 aliphatic carbocycles. The molecule has 0 N–H and O–H groups in total. The van der Waals surface area contributed by atoms with Crippen LogP contribution in [0.3, 0.4) is 0 Å². The fourth-order valence-electron chi connectivity index (χ4n) is 2.05. The van der Waals surface area contributed by atoms with Crippen LogP contribution in [-0.2, 0) is 0 Å². The molecule has 0 aliphatic heterocycles. The fraction of sp³-hybridized carbons (Fsp3) is 0. The first-order chi connectivity index (χ1) is 9.74. The van der Waals surface area contributed by atoms with Crippen molar-refractivity contribution >= 4 is 23.2 Å². The molecule has 0 atom stereocenters. The van der Waals surface area contributed by atoms with Crippen LogP contribution >= 0.6 is 23.2 Å². The van der Waals surface area contributed by atoms with E-state index in [1.807, 2.05) is 60.7 Å². The van der Waals surface area contributed by atoms with Gasteiger partial charge in [-0.2, -0.15) is 0 Å². The number of hydrogen-bond acceptors (Lipinski definition) is 1. The zero-order valence-corrected chi connectivity index (χ0v) is 12.1. The Morgan fingerprint density at radius 1 is 0.700 bits per heavy atom. The van der Waals surface area contributed by atoms with E-state index >= 15 is 0 Å². The Labute approximate surface area is 127 Å². The van der Waals surface area contributed by atoms with E-state index in [4.69, 9.17) is 23.2 Å². The van der Waals surface area contributed by atoms with Gasteiger partial charge in [-0.05, 0) is 30.3 Å². The van der Waals surface area contributed by atoms with Gasteiger partial charge in [-0.15, -0.1) is 0 Å². The molecule has 0 fully saturated rings. The lowest BCUT2D eigenvalue weighted by atomic mass is 10.1. The van der Waals surface area contributed by atoms with Crippen LogP contribution < -0.4 is 0 Å². The summed E-state index contributed by atoms with van der Waals surface area (Å²) in [7, 11) is 0. The number of halogens is 2. The van der Waals surface area contributed by atoms with Gasteiger partial charge in [-0.1, -0.05) is 59.6 Å². The van der Waals surface area contributed by atoms with Crippen LogP contribution in [0.15, 0.2) is 66.7 Å². The highest BCUT2D eigenvalue weighted by Crippen LogP contribution is 2.30. The second-order valence-electron chi connectivity index (χ2n) is 4.40. The number of nitrogens with zero attached hydrogens (tertiary/aromatic N) is 1. The largest absolute Gasteiger partial charge is 0.248 e. The van der Waals surface area contributed by atoms with Gasteiger partial charge in [0.1, 0.15) is 0 Å². The molecule has 0 bridgehead atoms. The summed E-state index contributed by atoms with van der Waals surface area (Å²) in [6.07, 6.45) is 0. The Morgan fingerprint density at radius 3 is 2.20 bits per heavy atom. The Bertz CT molecular complexity index is 739. The SMILES string of the molecule is Clc1ccc(-c2cccc(-c3ccccc3)n2)c(Cl)c1. The predicted molar refractivity (Wildman–Crippen MR) is 85.1 cm³/mol. The molecule has 1 nitrogen and oxygen atoms in total. The third-order valence-corrected chi connectivity index (χ3v) is 3.57. The van der Waals surface area contributed by atoms with Gasteiger partial charge in [-0.25, -0.2) is 4.98 Å². The van der Waals surface area contributed by atoms with Crippen molar-refractivity contribution in [2.75, 3.05) is 0 Å². The predicted octanol–water partition coefficient (Wildman–Crippen LogP) is 5.72. The molecule has 0 radical (unpaired) electrons. The minimum Gasteiger partial charge on any atom is -0.248 e. The lowest BCUT2D eigenvalue weighted by molar-refractivity contribution is 1.32. The first-order valence-corrected chi connectivity index (χ1v) is 6.97. The Kier molecular flexibility index (Phi) is 3.72. The molecule has 3 rings (SSSR count). The van der Waals surface area contributed by atoms with Gasteiger partial charge in [0.25, 0.3) is 0 Å². The highest BCUT2D eigenvalue weighted by molar-refractivity contribution is 6.36. The lowest BCUT2D eigenvalue weighted by Gasteiger charge is -2.07. The van der Waals surface area contributed by atoms with Crippen molar-refractivity contribution in [1.29, 1.82) is 0 Å². The van der Waals surface area contributed by atoms with Crippen molar-refractivity contribution in [2.45, 2.75) is 0 Å². The van der Waals surface area contributed by atoms with Gasteiger partial charge in [-0.3, -0.25) is 0 Å². The summed E-state index contributed by atoms with van der Waals surface area (Å²) in [6, 6.07) is 21.4. The molecule has 20 heavy (non-hydrogen) atoms. The van der Waals surface area contributed by atoms with Gasteiger partial charge in [0.05, 0.1) is 16.4 Å². The summed E-state index contributed by atoms with van der Waals surface area (Å²) in [5.74, 6) is 0. The van der Waals surface area contributed by atoms with Crippen molar-refractivity contribution in [2.24, 2.45) is 0 Å². The lowest BCUT2D eigenvalue weighted by Crippen LogP contribution is -1.88. The summed E-state index contributed by atoms with van der Waals surface area (Å²) in [4.78, 5) is 4.68. The van der Waals surface area contributed by atoms with Crippen molar-refractivity contribution in [3.63, 3.8) is 0 Å². The molecule has 0 saturated heterocycles. The van der Waals surface area contributed by atoms with Crippen LogP contribution in [0.25, 0.3) is 22.5 Å². The van der Waals surface area contributed by atoms with Crippen LogP contribution in [0, 0.1) is 0 Å². The van der Waals surface area contributed by atoms with E-state index in [1.54, 1.807) is 6.07 Å². The maximum absolute atomic E-state index is 6.24. The molecule has 3 aromatic rings.